The van der Waals surface area contributed by atoms with Crippen LogP contribution in [0.4, 0.5) is 0 Å². The van der Waals surface area contributed by atoms with Gasteiger partial charge < -0.3 is 5.11 Å². The van der Waals surface area contributed by atoms with E-state index in [4.69, 9.17) is 10.4 Å². The van der Waals surface area contributed by atoms with Crippen molar-refractivity contribution in [2.75, 3.05) is 0 Å². The van der Waals surface area contributed by atoms with Crippen LogP contribution in [0.1, 0.15) is 28.5 Å². The quantitative estimate of drug-likeness (QED) is 0.773. The number of nitriles is 1. The summed E-state index contributed by atoms with van der Waals surface area (Å²) in [7, 11) is 0. The van der Waals surface area contributed by atoms with Gasteiger partial charge >= 0.3 is 5.97 Å². The van der Waals surface area contributed by atoms with Crippen molar-refractivity contribution in [2.24, 2.45) is 0 Å². The van der Waals surface area contributed by atoms with E-state index in [0.717, 1.165) is 4.57 Å². The zero-order chi connectivity index (χ0) is 11.6. The number of nitrogens with zero attached hydrogens (tertiary/aromatic N) is 2. The Bertz CT molecular complexity index is 509. The molecule has 0 amide bonds. The molecule has 0 aromatic carbocycles. The third-order valence-electron chi connectivity index (χ3n) is 2.18. The molecule has 1 aromatic rings. The van der Waals surface area contributed by atoms with Crippen molar-refractivity contribution in [3.8, 4) is 6.19 Å². The standard InChI is InChI=1S/C10H10N2O3/c1-3-7-8(10(14)15)4-6(2)12(5-11)9(7)13/h4H,3H2,1-2H3,(H,14,15). The minimum atomic E-state index is -1.14. The van der Waals surface area contributed by atoms with Crippen LogP contribution in [0, 0.1) is 18.4 Å². The van der Waals surface area contributed by atoms with Gasteiger partial charge in [-0.1, -0.05) is 6.92 Å². The van der Waals surface area contributed by atoms with Crippen molar-refractivity contribution in [1.82, 2.24) is 4.57 Å². The third kappa shape index (κ3) is 1.74. The van der Waals surface area contributed by atoms with E-state index >= 15 is 0 Å². The Morgan fingerprint density at radius 1 is 1.67 bits per heavy atom. The summed E-state index contributed by atoms with van der Waals surface area (Å²) in [5.41, 5.74) is -0.0735. The largest absolute Gasteiger partial charge is 0.478 e. The summed E-state index contributed by atoms with van der Waals surface area (Å²) in [5, 5.41) is 17.6. The fraction of sp³-hybridized carbons (Fsp3) is 0.300. The summed E-state index contributed by atoms with van der Waals surface area (Å²) in [6.45, 7) is 3.21. The molecule has 0 unspecified atom stereocenters. The van der Waals surface area contributed by atoms with E-state index < -0.39 is 11.5 Å². The summed E-state index contributed by atoms with van der Waals surface area (Å²) in [5.74, 6) is -1.14. The molecule has 1 heterocycles. The molecular weight excluding hydrogens is 196 g/mol. The molecule has 78 valence electrons. The molecule has 0 bridgehead atoms. The van der Waals surface area contributed by atoms with Crippen LogP contribution in [-0.4, -0.2) is 15.6 Å². The smallest absolute Gasteiger partial charge is 0.336 e. The highest BCUT2D eigenvalue weighted by molar-refractivity contribution is 5.89. The molecule has 0 fully saturated rings. The summed E-state index contributed by atoms with van der Waals surface area (Å²) >= 11 is 0. The lowest BCUT2D eigenvalue weighted by molar-refractivity contribution is 0.0695. The molecule has 0 spiro atoms. The van der Waals surface area contributed by atoms with Crippen molar-refractivity contribution in [3.63, 3.8) is 0 Å². The highest BCUT2D eigenvalue weighted by atomic mass is 16.4. The number of aromatic nitrogens is 1. The van der Waals surface area contributed by atoms with E-state index in [1.807, 2.05) is 0 Å². The van der Waals surface area contributed by atoms with E-state index in [9.17, 15) is 9.59 Å². The van der Waals surface area contributed by atoms with Crippen LogP contribution in [0.3, 0.4) is 0 Å². The Morgan fingerprint density at radius 3 is 2.67 bits per heavy atom. The summed E-state index contributed by atoms with van der Waals surface area (Å²) < 4.78 is 0.894. The second-order valence-corrected chi connectivity index (χ2v) is 3.08. The molecule has 0 saturated heterocycles. The van der Waals surface area contributed by atoms with Gasteiger partial charge in [-0.2, -0.15) is 5.26 Å². The topological polar surface area (TPSA) is 83.1 Å². The molecule has 0 saturated carbocycles. The number of hydrogen-bond acceptors (Lipinski definition) is 3. The maximum atomic E-state index is 11.7. The maximum Gasteiger partial charge on any atom is 0.336 e. The zero-order valence-electron chi connectivity index (χ0n) is 8.44. The van der Waals surface area contributed by atoms with Crippen molar-refractivity contribution in [1.29, 1.82) is 5.26 Å². The van der Waals surface area contributed by atoms with E-state index in [-0.39, 0.29) is 11.1 Å². The number of carbonyl (C=O) groups is 1. The lowest BCUT2D eigenvalue weighted by Crippen LogP contribution is -2.26. The lowest BCUT2D eigenvalue weighted by Gasteiger charge is -2.06. The SMILES string of the molecule is CCc1c(C(=O)O)cc(C)n(C#N)c1=O. The summed E-state index contributed by atoms with van der Waals surface area (Å²) in [6, 6.07) is 1.34. The first-order valence-electron chi connectivity index (χ1n) is 4.41. The molecular formula is C10H10N2O3. The number of rotatable bonds is 2. The van der Waals surface area contributed by atoms with E-state index in [1.54, 1.807) is 13.1 Å². The number of hydrogen-bond donors (Lipinski definition) is 1. The predicted octanol–water partition coefficient (Wildman–Crippen LogP) is 0.746. The highest BCUT2D eigenvalue weighted by Crippen LogP contribution is 2.07. The maximum absolute atomic E-state index is 11.7. The van der Waals surface area contributed by atoms with Gasteiger partial charge in [0, 0.05) is 11.3 Å². The second-order valence-electron chi connectivity index (χ2n) is 3.08. The molecule has 0 atom stereocenters. The van der Waals surface area contributed by atoms with Crippen LogP contribution >= 0.6 is 0 Å². The molecule has 0 aliphatic rings. The minimum absolute atomic E-state index is 0.0218. The van der Waals surface area contributed by atoms with E-state index in [0.29, 0.717) is 12.1 Å². The van der Waals surface area contributed by atoms with Gasteiger partial charge in [-0.3, -0.25) is 4.79 Å². The van der Waals surface area contributed by atoms with Crippen molar-refractivity contribution in [2.45, 2.75) is 20.3 Å². The molecule has 0 radical (unpaired) electrons. The van der Waals surface area contributed by atoms with E-state index in [1.165, 1.54) is 13.0 Å². The first-order chi connectivity index (χ1) is 7.02. The number of pyridine rings is 1. The van der Waals surface area contributed by atoms with Crippen LogP contribution in [0.15, 0.2) is 10.9 Å². The number of carboxylic acid groups (broad SMARTS) is 1. The van der Waals surface area contributed by atoms with Crippen LogP contribution in [0.2, 0.25) is 0 Å². The number of carboxylic acids is 1. The Labute approximate surface area is 86.2 Å². The average molecular weight is 206 g/mol. The highest BCUT2D eigenvalue weighted by Gasteiger charge is 2.15. The first-order valence-corrected chi connectivity index (χ1v) is 4.41. The Kier molecular flexibility index (Phi) is 2.90. The zero-order valence-corrected chi connectivity index (χ0v) is 8.44. The van der Waals surface area contributed by atoms with Crippen LogP contribution in [0.25, 0.3) is 0 Å². The monoisotopic (exact) mass is 206 g/mol. The molecule has 1 N–H and O–H groups in total. The van der Waals surface area contributed by atoms with Gasteiger partial charge in [0.2, 0.25) is 0 Å². The second kappa shape index (κ2) is 3.96. The summed E-state index contributed by atoms with van der Waals surface area (Å²) in [6.07, 6.45) is 2.01. The summed E-state index contributed by atoms with van der Waals surface area (Å²) in [4.78, 5) is 22.5. The lowest BCUT2D eigenvalue weighted by atomic mass is 10.1. The Balaban J connectivity index is 3.69. The normalized spacial score (nSPS) is 9.67. The molecule has 0 aliphatic heterocycles. The minimum Gasteiger partial charge on any atom is -0.478 e. The van der Waals surface area contributed by atoms with Crippen LogP contribution < -0.4 is 5.56 Å². The molecule has 1 rings (SSSR count). The Hall–Kier alpha value is -2.09. The van der Waals surface area contributed by atoms with Gasteiger partial charge in [0.1, 0.15) is 0 Å². The van der Waals surface area contributed by atoms with Gasteiger partial charge in [0.25, 0.3) is 5.56 Å². The van der Waals surface area contributed by atoms with Gasteiger partial charge in [-0.25, -0.2) is 9.36 Å². The number of aryl methyl sites for hydroxylation is 1. The van der Waals surface area contributed by atoms with Crippen LogP contribution in [0.5, 0.6) is 0 Å². The predicted molar refractivity (Wildman–Crippen MR) is 52.8 cm³/mol. The van der Waals surface area contributed by atoms with Gasteiger partial charge in [0.05, 0.1) is 5.56 Å². The van der Waals surface area contributed by atoms with Crippen molar-refractivity contribution >= 4 is 5.97 Å². The fourth-order valence-corrected chi connectivity index (χ4v) is 1.43. The molecule has 15 heavy (non-hydrogen) atoms. The molecule has 5 heteroatoms. The van der Waals surface area contributed by atoms with E-state index in [2.05, 4.69) is 0 Å². The molecule has 0 aliphatic carbocycles. The van der Waals surface area contributed by atoms with Gasteiger partial charge in [0.15, 0.2) is 6.19 Å². The first kappa shape index (κ1) is 11.0. The Morgan fingerprint density at radius 2 is 2.27 bits per heavy atom. The van der Waals surface area contributed by atoms with Crippen molar-refractivity contribution in [3.05, 3.63) is 33.2 Å². The molecule has 5 nitrogen and oxygen atoms in total. The fourth-order valence-electron chi connectivity index (χ4n) is 1.43. The van der Waals surface area contributed by atoms with Gasteiger partial charge in [-0.05, 0) is 19.4 Å². The molecule has 1 aromatic heterocycles. The third-order valence-corrected chi connectivity index (χ3v) is 2.18. The van der Waals surface area contributed by atoms with Crippen molar-refractivity contribution < 1.29 is 9.90 Å². The van der Waals surface area contributed by atoms with Crippen LogP contribution in [-0.2, 0) is 6.42 Å². The number of aromatic carboxylic acids is 1. The van der Waals surface area contributed by atoms with Gasteiger partial charge in [-0.15, -0.1) is 0 Å². The average Bonchev–Trinajstić information content (AvgIpc) is 2.17.